The summed E-state index contributed by atoms with van der Waals surface area (Å²) < 4.78 is 12.3. The number of halogens is 1. The Hall–Kier alpha value is -3.56. The molecule has 0 heterocycles. The molecule has 0 unspecified atom stereocenters. The maximum absolute atomic E-state index is 12.6. The molecular formula is C27H25BrN2O3. The van der Waals surface area contributed by atoms with Crippen molar-refractivity contribution in [3.63, 3.8) is 0 Å². The van der Waals surface area contributed by atoms with Gasteiger partial charge in [0.25, 0.3) is 5.91 Å². The Morgan fingerprint density at radius 3 is 2.39 bits per heavy atom. The van der Waals surface area contributed by atoms with E-state index in [1.807, 2.05) is 56.3 Å². The van der Waals surface area contributed by atoms with E-state index < -0.39 is 5.91 Å². The molecule has 3 aromatic rings. The van der Waals surface area contributed by atoms with E-state index in [1.54, 1.807) is 30.3 Å². The molecule has 33 heavy (non-hydrogen) atoms. The van der Waals surface area contributed by atoms with Crippen molar-refractivity contribution >= 4 is 33.6 Å². The number of hydrogen-bond donors (Lipinski definition) is 1. The number of nitrogens with one attached hydrogen (secondary N) is 1. The highest BCUT2D eigenvalue weighted by Crippen LogP contribution is 2.27. The Kier molecular flexibility index (Phi) is 8.68. The SMILES string of the molecule is CCOc1ccc(NC(=O)/C(C#N)=C/c2ccc(Cc3ccccc3Br)c(OCC)c2)cc1. The maximum Gasteiger partial charge on any atom is 0.266 e. The normalized spacial score (nSPS) is 10.9. The monoisotopic (exact) mass is 504 g/mol. The molecule has 6 heteroatoms. The molecule has 0 aromatic heterocycles. The summed E-state index contributed by atoms with van der Waals surface area (Å²) in [6.45, 7) is 4.91. The lowest BCUT2D eigenvalue weighted by molar-refractivity contribution is -0.112. The van der Waals surface area contributed by atoms with Crippen LogP contribution in [0.1, 0.15) is 30.5 Å². The number of ether oxygens (including phenoxy) is 2. The summed E-state index contributed by atoms with van der Waals surface area (Å²) in [6.07, 6.45) is 2.26. The molecule has 0 saturated heterocycles. The van der Waals surface area contributed by atoms with Crippen molar-refractivity contribution in [3.05, 3.63) is 93.5 Å². The van der Waals surface area contributed by atoms with Crippen LogP contribution in [0, 0.1) is 11.3 Å². The first-order chi connectivity index (χ1) is 16.0. The minimum absolute atomic E-state index is 0.00453. The standard InChI is InChI=1S/C27H25BrN2O3/c1-3-32-24-13-11-23(12-14-24)30-27(31)22(18-29)15-19-9-10-21(26(16-19)33-4-2)17-20-7-5-6-8-25(20)28/h5-16H,3-4,17H2,1-2H3,(H,30,31)/b22-15+. The van der Waals surface area contributed by atoms with Crippen LogP contribution in [-0.4, -0.2) is 19.1 Å². The number of carbonyl (C=O) groups is 1. The lowest BCUT2D eigenvalue weighted by Gasteiger charge is -2.12. The molecule has 3 rings (SSSR count). The Bertz CT molecular complexity index is 1180. The van der Waals surface area contributed by atoms with Gasteiger partial charge >= 0.3 is 0 Å². The third kappa shape index (κ3) is 6.71. The molecule has 1 N–H and O–H groups in total. The number of nitrogens with zero attached hydrogens (tertiary/aromatic N) is 1. The Balaban J connectivity index is 1.80. The summed E-state index contributed by atoms with van der Waals surface area (Å²) in [7, 11) is 0. The first kappa shape index (κ1) is 24.1. The summed E-state index contributed by atoms with van der Waals surface area (Å²) in [5, 5.41) is 12.3. The lowest BCUT2D eigenvalue weighted by Crippen LogP contribution is -2.13. The van der Waals surface area contributed by atoms with Crippen LogP contribution in [0.5, 0.6) is 11.5 Å². The van der Waals surface area contributed by atoms with E-state index in [-0.39, 0.29) is 5.57 Å². The maximum atomic E-state index is 12.6. The Morgan fingerprint density at radius 1 is 1.00 bits per heavy atom. The van der Waals surface area contributed by atoms with Gasteiger partial charge in [0.2, 0.25) is 0 Å². The smallest absolute Gasteiger partial charge is 0.266 e. The van der Waals surface area contributed by atoms with Gasteiger partial charge in [-0.2, -0.15) is 5.26 Å². The highest BCUT2D eigenvalue weighted by molar-refractivity contribution is 9.10. The number of hydrogen-bond acceptors (Lipinski definition) is 4. The Morgan fingerprint density at radius 2 is 1.73 bits per heavy atom. The average molecular weight is 505 g/mol. The first-order valence-electron chi connectivity index (χ1n) is 10.7. The van der Waals surface area contributed by atoms with Gasteiger partial charge in [0, 0.05) is 16.6 Å². The predicted molar refractivity (Wildman–Crippen MR) is 134 cm³/mol. The minimum atomic E-state index is -0.475. The fourth-order valence-electron chi connectivity index (χ4n) is 3.26. The van der Waals surface area contributed by atoms with Gasteiger partial charge in [0.1, 0.15) is 23.1 Å². The van der Waals surface area contributed by atoms with E-state index in [0.29, 0.717) is 30.9 Å². The number of rotatable bonds is 9. The van der Waals surface area contributed by atoms with Crippen molar-refractivity contribution < 1.29 is 14.3 Å². The highest BCUT2D eigenvalue weighted by atomic mass is 79.9. The van der Waals surface area contributed by atoms with Crippen LogP contribution >= 0.6 is 15.9 Å². The fraction of sp³-hybridized carbons (Fsp3) is 0.185. The van der Waals surface area contributed by atoms with Crippen LogP contribution in [0.3, 0.4) is 0 Å². The third-order valence-electron chi connectivity index (χ3n) is 4.83. The van der Waals surface area contributed by atoms with Gasteiger partial charge in [-0.15, -0.1) is 0 Å². The molecule has 0 saturated carbocycles. The van der Waals surface area contributed by atoms with Gasteiger partial charge in [0.05, 0.1) is 13.2 Å². The number of nitriles is 1. The number of carbonyl (C=O) groups excluding carboxylic acids is 1. The van der Waals surface area contributed by atoms with E-state index in [4.69, 9.17) is 9.47 Å². The lowest BCUT2D eigenvalue weighted by atomic mass is 10.0. The summed E-state index contributed by atoms with van der Waals surface area (Å²) in [5.41, 5.74) is 3.48. The average Bonchev–Trinajstić information content (AvgIpc) is 2.82. The summed E-state index contributed by atoms with van der Waals surface area (Å²) in [5.74, 6) is 0.973. The molecule has 0 bridgehead atoms. The molecule has 0 atom stereocenters. The molecule has 0 radical (unpaired) electrons. The zero-order valence-electron chi connectivity index (χ0n) is 18.6. The first-order valence-corrected chi connectivity index (χ1v) is 11.5. The van der Waals surface area contributed by atoms with Crippen molar-refractivity contribution in [2.75, 3.05) is 18.5 Å². The second kappa shape index (κ2) is 11.9. The van der Waals surface area contributed by atoms with Crippen LogP contribution in [0.4, 0.5) is 5.69 Å². The summed E-state index contributed by atoms with van der Waals surface area (Å²) in [6, 6.07) is 22.8. The van der Waals surface area contributed by atoms with E-state index in [2.05, 4.69) is 27.3 Å². The zero-order chi connectivity index (χ0) is 23.6. The van der Waals surface area contributed by atoms with Crippen molar-refractivity contribution in [1.29, 1.82) is 5.26 Å². The van der Waals surface area contributed by atoms with Crippen molar-refractivity contribution in [2.45, 2.75) is 20.3 Å². The molecule has 3 aromatic carbocycles. The molecule has 0 aliphatic heterocycles. The largest absolute Gasteiger partial charge is 0.494 e. The third-order valence-corrected chi connectivity index (χ3v) is 5.60. The van der Waals surface area contributed by atoms with Crippen LogP contribution in [0.25, 0.3) is 6.08 Å². The van der Waals surface area contributed by atoms with Crippen LogP contribution < -0.4 is 14.8 Å². The minimum Gasteiger partial charge on any atom is -0.494 e. The quantitative estimate of drug-likeness (QED) is 0.271. The molecule has 168 valence electrons. The van der Waals surface area contributed by atoms with Crippen LogP contribution in [0.15, 0.2) is 76.8 Å². The Labute approximate surface area is 202 Å². The fourth-order valence-corrected chi connectivity index (χ4v) is 3.68. The van der Waals surface area contributed by atoms with Crippen LogP contribution in [-0.2, 0) is 11.2 Å². The van der Waals surface area contributed by atoms with Gasteiger partial charge in [-0.25, -0.2) is 0 Å². The number of anilines is 1. The van der Waals surface area contributed by atoms with Gasteiger partial charge in [-0.3, -0.25) is 4.79 Å². The summed E-state index contributed by atoms with van der Waals surface area (Å²) in [4.78, 5) is 12.6. The molecule has 5 nitrogen and oxygen atoms in total. The molecular weight excluding hydrogens is 480 g/mol. The number of benzene rings is 3. The second-order valence-corrected chi connectivity index (χ2v) is 8.00. The van der Waals surface area contributed by atoms with E-state index in [9.17, 15) is 10.1 Å². The van der Waals surface area contributed by atoms with E-state index >= 15 is 0 Å². The zero-order valence-corrected chi connectivity index (χ0v) is 20.2. The van der Waals surface area contributed by atoms with Crippen molar-refractivity contribution in [1.82, 2.24) is 0 Å². The van der Waals surface area contributed by atoms with Gasteiger partial charge in [0.15, 0.2) is 0 Å². The number of amides is 1. The van der Waals surface area contributed by atoms with E-state index in [0.717, 1.165) is 27.1 Å². The van der Waals surface area contributed by atoms with E-state index in [1.165, 1.54) is 0 Å². The van der Waals surface area contributed by atoms with Crippen LogP contribution in [0.2, 0.25) is 0 Å². The van der Waals surface area contributed by atoms with Gasteiger partial charge < -0.3 is 14.8 Å². The molecule has 0 aliphatic carbocycles. The summed E-state index contributed by atoms with van der Waals surface area (Å²) >= 11 is 3.59. The van der Waals surface area contributed by atoms with Crippen molar-refractivity contribution in [2.24, 2.45) is 0 Å². The molecule has 0 aliphatic rings. The predicted octanol–water partition coefficient (Wildman–Crippen LogP) is 6.38. The van der Waals surface area contributed by atoms with Gasteiger partial charge in [-0.05, 0) is 73.0 Å². The van der Waals surface area contributed by atoms with Gasteiger partial charge in [-0.1, -0.05) is 46.3 Å². The molecule has 0 spiro atoms. The highest BCUT2D eigenvalue weighted by Gasteiger charge is 2.12. The molecule has 1 amide bonds. The topological polar surface area (TPSA) is 71.3 Å². The van der Waals surface area contributed by atoms with Crippen molar-refractivity contribution in [3.8, 4) is 17.6 Å². The molecule has 0 fully saturated rings. The second-order valence-electron chi connectivity index (χ2n) is 7.15.